The molecule has 6 heteroatoms. The molecule has 3 nitrogen and oxygen atoms in total. The third-order valence-corrected chi connectivity index (χ3v) is 14.2. The Balaban J connectivity index is 2.71. The average Bonchev–Trinajstić information content (AvgIpc) is 2.56. The fourth-order valence-corrected chi connectivity index (χ4v) is 11.0. The van der Waals surface area contributed by atoms with Crippen molar-refractivity contribution in [2.24, 2.45) is 0 Å². The van der Waals surface area contributed by atoms with Gasteiger partial charge < -0.3 is 9.05 Å². The van der Waals surface area contributed by atoms with Gasteiger partial charge >= 0.3 is 7.28 Å². The minimum absolute atomic E-state index is 0.301. The second-order valence-corrected chi connectivity index (χ2v) is 13.9. The monoisotopic (exact) mass is 354 g/mol. The van der Waals surface area contributed by atoms with Crippen LogP contribution in [0.3, 0.4) is 0 Å². The van der Waals surface area contributed by atoms with Crippen molar-refractivity contribution in [2.45, 2.75) is 13.8 Å². The molecule has 0 atom stereocenters. The molecule has 0 bridgehead atoms. The molecule has 0 spiro atoms. The van der Waals surface area contributed by atoms with Gasteiger partial charge in [-0.15, -0.1) is 0 Å². The maximum atomic E-state index is 13.5. The van der Waals surface area contributed by atoms with Gasteiger partial charge in [0.1, 0.15) is 5.73 Å². The van der Waals surface area contributed by atoms with Crippen LogP contribution in [0.2, 0.25) is 0 Å². The van der Waals surface area contributed by atoms with Crippen LogP contribution in [0.4, 0.5) is 0 Å². The predicted molar refractivity (Wildman–Crippen MR) is 97.3 cm³/mol. The lowest BCUT2D eigenvalue weighted by Gasteiger charge is -2.30. The van der Waals surface area contributed by atoms with E-state index in [0.29, 0.717) is 13.2 Å². The van der Waals surface area contributed by atoms with E-state index in [2.05, 4.69) is 0 Å². The lowest BCUT2D eigenvalue weighted by Crippen LogP contribution is -2.17. The van der Waals surface area contributed by atoms with Crippen molar-refractivity contribution in [3.8, 4) is 0 Å². The average molecular weight is 354 g/mol. The molecule has 2 aromatic carbocycles. The molecule has 2 rings (SSSR count). The maximum Gasteiger partial charge on any atom is 0.367 e. The summed E-state index contributed by atoms with van der Waals surface area (Å²) in [5.41, 5.74) is -2.73. The first-order valence-corrected chi connectivity index (χ1v) is 12.2. The summed E-state index contributed by atoms with van der Waals surface area (Å²) in [5, 5.41) is 1.70. The van der Waals surface area contributed by atoms with Crippen LogP contribution in [0.25, 0.3) is 0 Å². The first-order valence-electron chi connectivity index (χ1n) is 7.19. The standard InChI is InChI=1S/C16H20O3P2S/c1-3-18-21(17,19-4-2)20(22,15-11-7-5-8-12-15)16-13-9-6-10-14-16/h5-14H,3-4H2,1-2H3. The van der Waals surface area contributed by atoms with E-state index in [0.717, 1.165) is 10.6 Å². The molecule has 118 valence electrons. The van der Waals surface area contributed by atoms with E-state index in [1.165, 1.54) is 0 Å². The van der Waals surface area contributed by atoms with Gasteiger partial charge in [-0.05, 0) is 13.8 Å². The minimum atomic E-state index is -3.46. The van der Waals surface area contributed by atoms with Crippen LogP contribution in [0, 0.1) is 0 Å². The quantitative estimate of drug-likeness (QED) is 0.695. The Morgan fingerprint density at radius 2 is 1.18 bits per heavy atom. The molecule has 0 aliphatic rings. The zero-order chi connectivity index (χ0) is 16.1. The van der Waals surface area contributed by atoms with Crippen LogP contribution in [-0.4, -0.2) is 13.2 Å². The van der Waals surface area contributed by atoms with Gasteiger partial charge in [0.2, 0.25) is 0 Å². The Kier molecular flexibility index (Phi) is 6.14. The SMILES string of the molecule is CCOP(=O)(OCC)P(=S)(c1ccccc1)c1ccccc1. The van der Waals surface area contributed by atoms with Crippen LogP contribution < -0.4 is 10.6 Å². The second-order valence-electron chi connectivity index (χ2n) is 4.55. The Hall–Kier alpha value is -0.760. The molecular weight excluding hydrogens is 334 g/mol. The van der Waals surface area contributed by atoms with E-state index in [1.807, 2.05) is 60.7 Å². The third-order valence-electron chi connectivity index (χ3n) is 3.14. The molecule has 0 unspecified atom stereocenters. The summed E-state index contributed by atoms with van der Waals surface area (Å²) in [5.74, 6) is 0. The number of rotatable bonds is 7. The maximum absolute atomic E-state index is 13.5. The van der Waals surface area contributed by atoms with E-state index in [4.69, 9.17) is 20.9 Å². The van der Waals surface area contributed by atoms with Gasteiger partial charge in [-0.25, -0.2) is 0 Å². The van der Waals surface area contributed by atoms with Crippen LogP contribution in [0.5, 0.6) is 0 Å². The van der Waals surface area contributed by atoms with Gasteiger partial charge in [0, 0.05) is 10.6 Å². The molecule has 0 heterocycles. The highest BCUT2D eigenvalue weighted by molar-refractivity contribution is 8.57. The summed E-state index contributed by atoms with van der Waals surface area (Å²) in [7, 11) is -3.46. The summed E-state index contributed by atoms with van der Waals surface area (Å²) in [6.07, 6.45) is 0. The Labute approximate surface area is 137 Å². The van der Waals surface area contributed by atoms with Gasteiger partial charge in [-0.3, -0.25) is 4.57 Å². The van der Waals surface area contributed by atoms with Gasteiger partial charge in [0.25, 0.3) is 0 Å². The second kappa shape index (κ2) is 7.68. The number of hydrogen-bond donors (Lipinski definition) is 0. The van der Waals surface area contributed by atoms with Crippen molar-refractivity contribution in [2.75, 3.05) is 13.2 Å². The van der Waals surface area contributed by atoms with Gasteiger partial charge in [-0.2, -0.15) is 0 Å². The molecule has 2 aromatic rings. The molecule has 0 aliphatic heterocycles. The van der Waals surface area contributed by atoms with Crippen molar-refractivity contribution in [1.82, 2.24) is 0 Å². The summed E-state index contributed by atoms with van der Waals surface area (Å²) in [6, 6.07) is 19.1. The van der Waals surface area contributed by atoms with Crippen molar-refractivity contribution in [3.63, 3.8) is 0 Å². The molecule has 0 aliphatic carbocycles. The molecule has 0 saturated carbocycles. The van der Waals surface area contributed by atoms with Gasteiger partial charge in [0.05, 0.1) is 13.2 Å². The van der Waals surface area contributed by atoms with Crippen LogP contribution in [0.1, 0.15) is 13.8 Å². The molecule has 0 amide bonds. The number of hydrogen-bond acceptors (Lipinski definition) is 4. The topological polar surface area (TPSA) is 35.5 Å². The van der Waals surface area contributed by atoms with E-state index < -0.39 is 13.0 Å². The number of benzene rings is 2. The summed E-state index contributed by atoms with van der Waals surface area (Å²) in [6.45, 7) is 4.22. The Morgan fingerprint density at radius 1 is 0.818 bits per heavy atom. The van der Waals surface area contributed by atoms with Crippen molar-refractivity contribution in [1.29, 1.82) is 0 Å². The van der Waals surface area contributed by atoms with Crippen LogP contribution in [-0.2, 0) is 25.4 Å². The summed E-state index contributed by atoms with van der Waals surface area (Å²) < 4.78 is 24.8. The summed E-state index contributed by atoms with van der Waals surface area (Å²) >= 11 is 6.00. The Morgan fingerprint density at radius 3 is 1.50 bits per heavy atom. The largest absolute Gasteiger partial charge is 0.367 e. The molecule has 0 radical (unpaired) electrons. The van der Waals surface area contributed by atoms with E-state index in [-0.39, 0.29) is 0 Å². The fourth-order valence-electron chi connectivity index (χ4n) is 2.22. The molecule has 0 fully saturated rings. The van der Waals surface area contributed by atoms with Crippen LogP contribution >= 0.6 is 13.0 Å². The van der Waals surface area contributed by atoms with Crippen molar-refractivity contribution in [3.05, 3.63) is 60.7 Å². The summed E-state index contributed by atoms with van der Waals surface area (Å²) in [4.78, 5) is 0. The first kappa shape index (κ1) is 17.6. The van der Waals surface area contributed by atoms with Crippen molar-refractivity contribution < 1.29 is 13.6 Å². The lowest BCUT2D eigenvalue weighted by atomic mass is 10.4. The molecule has 0 aromatic heterocycles. The van der Waals surface area contributed by atoms with E-state index in [1.54, 1.807) is 13.8 Å². The Bertz CT molecular complexity index is 636. The highest BCUT2D eigenvalue weighted by atomic mass is 32.6. The smallest absolute Gasteiger partial charge is 0.305 e. The van der Waals surface area contributed by atoms with E-state index >= 15 is 0 Å². The molecule has 22 heavy (non-hydrogen) atoms. The van der Waals surface area contributed by atoms with Gasteiger partial charge in [-0.1, -0.05) is 72.5 Å². The first-order chi connectivity index (χ1) is 10.6. The normalized spacial score (nSPS) is 12.3. The minimum Gasteiger partial charge on any atom is -0.305 e. The molecule has 0 saturated heterocycles. The zero-order valence-corrected chi connectivity index (χ0v) is 15.3. The van der Waals surface area contributed by atoms with Crippen LogP contribution in [0.15, 0.2) is 60.7 Å². The highest BCUT2D eigenvalue weighted by Crippen LogP contribution is 2.81. The third kappa shape index (κ3) is 3.27. The lowest BCUT2D eigenvalue weighted by molar-refractivity contribution is 0.236. The predicted octanol–water partition coefficient (Wildman–Crippen LogP) is 4.30. The van der Waals surface area contributed by atoms with Gasteiger partial charge in [0.15, 0.2) is 0 Å². The van der Waals surface area contributed by atoms with Crippen molar-refractivity contribution >= 4 is 35.4 Å². The zero-order valence-electron chi connectivity index (χ0n) is 12.7. The molecule has 0 N–H and O–H groups in total. The molecular formula is C16H20O3P2S. The highest BCUT2D eigenvalue weighted by Gasteiger charge is 2.44. The van der Waals surface area contributed by atoms with E-state index in [9.17, 15) is 4.57 Å². The fraction of sp³-hybridized carbons (Fsp3) is 0.250.